The topological polar surface area (TPSA) is 54.0 Å². The maximum absolute atomic E-state index is 12.7. The van der Waals surface area contributed by atoms with Crippen LogP contribution in [0.5, 0.6) is 0 Å². The number of amides is 1. The fourth-order valence-corrected chi connectivity index (χ4v) is 1.85. The summed E-state index contributed by atoms with van der Waals surface area (Å²) in [5.74, 6) is 0.0544. The molecule has 0 aliphatic rings. The van der Waals surface area contributed by atoms with E-state index in [9.17, 15) is 18.0 Å². The number of halogens is 4. The molecule has 2 rings (SSSR count). The molecule has 0 unspecified atom stereocenters. The molecular formula is C14H11ClF3N3O. The van der Waals surface area contributed by atoms with Crippen LogP contribution in [-0.2, 0) is 11.0 Å². The predicted octanol–water partition coefficient (Wildman–Crippen LogP) is 4.46. The van der Waals surface area contributed by atoms with Crippen molar-refractivity contribution >= 4 is 34.7 Å². The van der Waals surface area contributed by atoms with Crippen LogP contribution in [-0.4, -0.2) is 10.9 Å². The molecule has 2 aromatic rings. The molecule has 8 heteroatoms. The molecule has 116 valence electrons. The highest BCUT2D eigenvalue weighted by molar-refractivity contribution is 6.33. The van der Waals surface area contributed by atoms with Gasteiger partial charge >= 0.3 is 6.18 Å². The predicted molar refractivity (Wildman–Crippen MR) is 78.3 cm³/mol. The highest BCUT2D eigenvalue weighted by atomic mass is 35.5. The summed E-state index contributed by atoms with van der Waals surface area (Å²) in [6.45, 7) is 1.36. The minimum absolute atomic E-state index is 0.0938. The lowest BCUT2D eigenvalue weighted by Gasteiger charge is -2.12. The van der Waals surface area contributed by atoms with Gasteiger partial charge in [-0.05, 0) is 30.3 Å². The van der Waals surface area contributed by atoms with E-state index in [0.29, 0.717) is 11.5 Å². The number of nitrogens with zero attached hydrogens (tertiary/aromatic N) is 1. The van der Waals surface area contributed by atoms with Crippen molar-refractivity contribution in [3.05, 3.63) is 47.1 Å². The summed E-state index contributed by atoms with van der Waals surface area (Å²) in [5, 5.41) is 5.38. The second-order valence-corrected chi connectivity index (χ2v) is 4.84. The van der Waals surface area contributed by atoms with Crippen LogP contribution in [0, 0.1) is 0 Å². The van der Waals surface area contributed by atoms with Crippen molar-refractivity contribution in [2.75, 3.05) is 10.6 Å². The van der Waals surface area contributed by atoms with E-state index in [2.05, 4.69) is 15.6 Å². The van der Waals surface area contributed by atoms with Crippen LogP contribution in [0.25, 0.3) is 0 Å². The molecule has 0 spiro atoms. The molecule has 0 bridgehead atoms. The minimum Gasteiger partial charge on any atom is -0.339 e. The average Bonchev–Trinajstić information content (AvgIpc) is 2.41. The SMILES string of the molecule is CC(=O)Nc1ccc(Nc2cc(C(F)(F)F)ccc2Cl)nc1. The Bertz CT molecular complexity index is 687. The number of benzene rings is 1. The second kappa shape index (κ2) is 6.23. The first-order valence-corrected chi connectivity index (χ1v) is 6.51. The number of hydrogen-bond donors (Lipinski definition) is 2. The molecule has 0 saturated carbocycles. The van der Waals surface area contributed by atoms with Gasteiger partial charge in [-0.3, -0.25) is 4.79 Å². The Balaban J connectivity index is 2.21. The molecule has 22 heavy (non-hydrogen) atoms. The Morgan fingerprint density at radius 3 is 2.50 bits per heavy atom. The number of pyridine rings is 1. The molecule has 4 nitrogen and oxygen atoms in total. The number of aromatic nitrogens is 1. The highest BCUT2D eigenvalue weighted by Gasteiger charge is 2.30. The molecule has 0 saturated heterocycles. The van der Waals surface area contributed by atoms with E-state index in [1.807, 2.05) is 0 Å². The molecule has 0 atom stereocenters. The summed E-state index contributed by atoms with van der Waals surface area (Å²) < 4.78 is 38.1. The van der Waals surface area contributed by atoms with Crippen LogP contribution >= 0.6 is 11.6 Å². The van der Waals surface area contributed by atoms with Gasteiger partial charge in [0.2, 0.25) is 5.91 Å². The largest absolute Gasteiger partial charge is 0.416 e. The minimum atomic E-state index is -4.45. The van der Waals surface area contributed by atoms with Gasteiger partial charge in [-0.1, -0.05) is 11.6 Å². The van der Waals surface area contributed by atoms with E-state index in [-0.39, 0.29) is 16.6 Å². The number of rotatable bonds is 3. The summed E-state index contributed by atoms with van der Waals surface area (Å²) in [7, 11) is 0. The third-order valence-corrected chi connectivity index (χ3v) is 2.97. The number of hydrogen-bond acceptors (Lipinski definition) is 3. The van der Waals surface area contributed by atoms with Gasteiger partial charge in [-0.15, -0.1) is 0 Å². The Labute approximate surface area is 129 Å². The number of carbonyl (C=O) groups is 1. The van der Waals surface area contributed by atoms with E-state index in [4.69, 9.17) is 11.6 Å². The molecule has 0 aliphatic heterocycles. The van der Waals surface area contributed by atoms with E-state index in [1.165, 1.54) is 25.3 Å². The van der Waals surface area contributed by atoms with Gasteiger partial charge in [0, 0.05) is 6.92 Å². The molecule has 2 N–H and O–H groups in total. The first-order chi connectivity index (χ1) is 10.3. The van der Waals surface area contributed by atoms with Crippen molar-refractivity contribution in [1.29, 1.82) is 0 Å². The number of anilines is 3. The van der Waals surface area contributed by atoms with Crippen molar-refractivity contribution in [2.24, 2.45) is 0 Å². The van der Waals surface area contributed by atoms with Crippen molar-refractivity contribution in [2.45, 2.75) is 13.1 Å². The maximum atomic E-state index is 12.7. The van der Waals surface area contributed by atoms with Crippen LogP contribution in [0.15, 0.2) is 36.5 Å². The lowest BCUT2D eigenvalue weighted by atomic mass is 10.2. The van der Waals surface area contributed by atoms with Crippen LogP contribution in [0.1, 0.15) is 12.5 Å². The third kappa shape index (κ3) is 4.11. The zero-order valence-corrected chi connectivity index (χ0v) is 12.1. The van der Waals surface area contributed by atoms with Gasteiger partial charge in [0.25, 0.3) is 0 Å². The van der Waals surface area contributed by atoms with Crippen molar-refractivity contribution in [3.8, 4) is 0 Å². The van der Waals surface area contributed by atoms with Gasteiger partial charge in [-0.25, -0.2) is 4.98 Å². The molecule has 0 fully saturated rings. The Morgan fingerprint density at radius 2 is 1.95 bits per heavy atom. The summed E-state index contributed by atoms with van der Waals surface area (Å²) in [4.78, 5) is 14.9. The molecular weight excluding hydrogens is 319 g/mol. The number of alkyl halides is 3. The van der Waals surface area contributed by atoms with Gasteiger partial charge in [-0.2, -0.15) is 13.2 Å². The van der Waals surface area contributed by atoms with Crippen LogP contribution < -0.4 is 10.6 Å². The maximum Gasteiger partial charge on any atom is 0.416 e. The van der Waals surface area contributed by atoms with Gasteiger partial charge in [0.1, 0.15) is 5.82 Å². The molecule has 0 radical (unpaired) electrons. The number of carbonyl (C=O) groups excluding carboxylic acids is 1. The molecule has 1 amide bonds. The fraction of sp³-hybridized carbons (Fsp3) is 0.143. The molecule has 0 aliphatic carbocycles. The van der Waals surface area contributed by atoms with Gasteiger partial charge in [0.15, 0.2) is 0 Å². The lowest BCUT2D eigenvalue weighted by molar-refractivity contribution is -0.137. The van der Waals surface area contributed by atoms with E-state index >= 15 is 0 Å². The zero-order chi connectivity index (χ0) is 16.3. The van der Waals surface area contributed by atoms with Crippen molar-refractivity contribution < 1.29 is 18.0 Å². The highest BCUT2D eigenvalue weighted by Crippen LogP contribution is 2.34. The fourth-order valence-electron chi connectivity index (χ4n) is 1.68. The van der Waals surface area contributed by atoms with Crippen LogP contribution in [0.3, 0.4) is 0 Å². The quantitative estimate of drug-likeness (QED) is 0.874. The smallest absolute Gasteiger partial charge is 0.339 e. The van der Waals surface area contributed by atoms with Gasteiger partial charge < -0.3 is 10.6 Å². The summed E-state index contributed by atoms with van der Waals surface area (Å²) in [6, 6.07) is 6.06. The van der Waals surface area contributed by atoms with Crippen molar-refractivity contribution in [3.63, 3.8) is 0 Å². The summed E-state index contributed by atoms with van der Waals surface area (Å²) in [6.07, 6.45) is -3.07. The molecule has 1 aromatic carbocycles. The lowest BCUT2D eigenvalue weighted by Crippen LogP contribution is -2.07. The average molecular weight is 330 g/mol. The summed E-state index contributed by atoms with van der Waals surface area (Å²) >= 11 is 5.88. The zero-order valence-electron chi connectivity index (χ0n) is 11.3. The molecule has 1 aromatic heterocycles. The Hall–Kier alpha value is -2.28. The first-order valence-electron chi connectivity index (χ1n) is 6.13. The van der Waals surface area contributed by atoms with E-state index in [0.717, 1.165) is 12.1 Å². The third-order valence-electron chi connectivity index (χ3n) is 2.64. The van der Waals surface area contributed by atoms with Crippen LogP contribution in [0.4, 0.5) is 30.4 Å². The Kier molecular flexibility index (Phi) is 4.56. The second-order valence-electron chi connectivity index (χ2n) is 4.43. The monoisotopic (exact) mass is 329 g/mol. The molecule has 1 heterocycles. The van der Waals surface area contributed by atoms with Crippen LogP contribution in [0.2, 0.25) is 5.02 Å². The number of nitrogens with one attached hydrogen (secondary N) is 2. The van der Waals surface area contributed by atoms with Crippen molar-refractivity contribution in [1.82, 2.24) is 4.98 Å². The summed E-state index contributed by atoms with van der Waals surface area (Å²) in [5.41, 5.74) is -0.237. The van der Waals surface area contributed by atoms with E-state index < -0.39 is 11.7 Å². The normalized spacial score (nSPS) is 11.1. The van der Waals surface area contributed by atoms with E-state index in [1.54, 1.807) is 6.07 Å². The first kappa shape index (κ1) is 16.1. The standard InChI is InChI=1S/C14H11ClF3N3O/c1-8(22)20-10-3-5-13(19-7-10)21-12-6-9(14(16,17)18)2-4-11(12)15/h2-7H,1H3,(H,19,21)(H,20,22). The van der Waals surface area contributed by atoms with Gasteiger partial charge in [0.05, 0.1) is 28.2 Å². The Morgan fingerprint density at radius 1 is 1.23 bits per heavy atom.